The number of furan rings is 1. The lowest BCUT2D eigenvalue weighted by Gasteiger charge is -1.77. The Hall–Kier alpha value is 0.190. The number of rotatable bonds is 1. The summed E-state index contributed by atoms with van der Waals surface area (Å²) in [5.41, 5.74) is 1.00. The molecule has 7 heavy (non-hydrogen) atoms. The lowest BCUT2D eigenvalue weighted by Crippen LogP contribution is -1.78. The number of halogens is 1. The van der Waals surface area contributed by atoms with Gasteiger partial charge in [0.15, 0.2) is 0 Å². The largest absolute Gasteiger partial charge is 0.464 e. The van der Waals surface area contributed by atoms with E-state index in [0.717, 1.165) is 5.50 Å². The molecule has 0 radical (unpaired) electrons. The highest BCUT2D eigenvalue weighted by Gasteiger charge is 1.85. The molecule has 0 saturated carbocycles. The van der Waals surface area contributed by atoms with E-state index in [1.54, 1.807) is 6.26 Å². The molecule has 3 heteroatoms. The van der Waals surface area contributed by atoms with Gasteiger partial charge in [-0.05, 0) is 12.1 Å². The van der Waals surface area contributed by atoms with Crippen LogP contribution in [0.15, 0.2) is 22.8 Å². The smallest absolute Gasteiger partial charge is 0.133 e. The molecule has 0 aromatic carbocycles. The van der Waals surface area contributed by atoms with Gasteiger partial charge in [0, 0.05) is 7.28 Å². The molecule has 38 valence electrons. The van der Waals surface area contributed by atoms with E-state index in [0.29, 0.717) is 7.28 Å². The molecule has 1 nitrogen and oxygen atoms in total. The van der Waals surface area contributed by atoms with Crippen molar-refractivity contribution in [2.24, 2.45) is 0 Å². The number of hydrogen-bond donors (Lipinski definition) is 0. The van der Waals surface area contributed by atoms with Gasteiger partial charge in [-0.15, -0.1) is 0 Å². The van der Waals surface area contributed by atoms with Crippen molar-refractivity contribution in [3.05, 3.63) is 18.4 Å². The van der Waals surface area contributed by atoms with Gasteiger partial charge in [-0.25, -0.2) is 0 Å². The van der Waals surface area contributed by atoms with Crippen molar-refractivity contribution >= 4 is 28.3 Å². The van der Waals surface area contributed by atoms with Crippen LogP contribution in [0.3, 0.4) is 0 Å². The zero-order valence-electron chi connectivity index (χ0n) is 3.52. The second kappa shape index (κ2) is 2.49. The normalized spacial score (nSPS) is 11.0. The highest BCUT2D eigenvalue weighted by molar-refractivity contribution is 9.37. The summed E-state index contributed by atoms with van der Waals surface area (Å²) in [6.45, 7) is 0. The Morgan fingerprint density at radius 2 is 2.57 bits per heavy atom. The van der Waals surface area contributed by atoms with E-state index in [4.69, 9.17) is 4.42 Å². The Bertz CT molecular complexity index is 126. The Morgan fingerprint density at radius 3 is 2.86 bits per heavy atom. The zero-order chi connectivity index (χ0) is 5.11. The highest BCUT2D eigenvalue weighted by Crippen LogP contribution is 2.17. The molecule has 1 atom stereocenters. The summed E-state index contributed by atoms with van der Waals surface area (Å²) >= 11 is 3.27. The predicted octanol–water partition coefficient (Wildman–Crippen LogP) is 1.89. The maximum atomic E-state index is 4.95. The van der Waals surface area contributed by atoms with Crippen LogP contribution in [0.1, 0.15) is 0 Å². The lowest BCUT2D eigenvalue weighted by molar-refractivity contribution is 0.604. The Labute approximate surface area is 51.6 Å². The van der Waals surface area contributed by atoms with Crippen molar-refractivity contribution in [2.45, 2.75) is 0 Å². The molecular weight excluding hydrogens is 175 g/mol. The summed E-state index contributed by atoms with van der Waals surface area (Å²) in [6, 6.07) is 3.82. The van der Waals surface area contributed by atoms with E-state index in [-0.39, 0.29) is 0 Å². The summed E-state index contributed by atoms with van der Waals surface area (Å²) in [6.07, 6.45) is 1.67. The SMILES string of the molecule is BrPc1ccco1. The fourth-order valence-corrected chi connectivity index (χ4v) is 1.28. The Balaban J connectivity index is 2.76. The third-order valence-corrected chi connectivity index (χ3v) is 2.26. The Kier molecular flexibility index (Phi) is 1.89. The lowest BCUT2D eigenvalue weighted by atomic mass is 10.7. The quantitative estimate of drug-likeness (QED) is 0.600. The molecule has 1 aromatic heterocycles. The maximum Gasteiger partial charge on any atom is 0.133 e. The maximum absolute atomic E-state index is 4.95. The first kappa shape index (κ1) is 5.33. The van der Waals surface area contributed by atoms with Crippen LogP contribution >= 0.6 is 22.8 Å². The van der Waals surface area contributed by atoms with Crippen molar-refractivity contribution < 1.29 is 4.42 Å². The molecule has 0 aliphatic heterocycles. The van der Waals surface area contributed by atoms with Gasteiger partial charge in [-0.2, -0.15) is 0 Å². The van der Waals surface area contributed by atoms with Gasteiger partial charge < -0.3 is 4.42 Å². The molecule has 0 saturated heterocycles. The van der Waals surface area contributed by atoms with E-state index < -0.39 is 0 Å². The average molecular weight is 179 g/mol. The molecule has 0 N–H and O–H groups in total. The molecule has 1 aromatic rings. The minimum Gasteiger partial charge on any atom is -0.464 e. The summed E-state index contributed by atoms with van der Waals surface area (Å²) in [5.74, 6) is 0. The fraction of sp³-hybridized carbons (Fsp3) is 0. The fourth-order valence-electron chi connectivity index (χ4n) is 0.332. The van der Waals surface area contributed by atoms with Crippen LogP contribution < -0.4 is 5.50 Å². The van der Waals surface area contributed by atoms with Crippen LogP contribution in [0, 0.1) is 0 Å². The molecule has 0 aliphatic carbocycles. The van der Waals surface area contributed by atoms with Crippen molar-refractivity contribution in [2.75, 3.05) is 0 Å². The molecule has 0 aliphatic rings. The highest BCUT2D eigenvalue weighted by atomic mass is 79.9. The minimum absolute atomic E-state index is 0.600. The van der Waals surface area contributed by atoms with Crippen LogP contribution in [-0.2, 0) is 0 Å². The van der Waals surface area contributed by atoms with Gasteiger partial charge in [0.2, 0.25) is 0 Å². The molecule has 1 rings (SSSR count). The first-order valence-electron chi connectivity index (χ1n) is 1.83. The van der Waals surface area contributed by atoms with Crippen LogP contribution in [0.5, 0.6) is 0 Å². The van der Waals surface area contributed by atoms with Gasteiger partial charge in [-0.3, -0.25) is 0 Å². The second-order valence-corrected chi connectivity index (χ2v) is 2.94. The monoisotopic (exact) mass is 178 g/mol. The molecule has 0 fully saturated rings. The molecule has 1 heterocycles. The van der Waals surface area contributed by atoms with Crippen LogP contribution in [0.25, 0.3) is 0 Å². The van der Waals surface area contributed by atoms with E-state index in [2.05, 4.69) is 15.5 Å². The van der Waals surface area contributed by atoms with Crippen LogP contribution in [-0.4, -0.2) is 0 Å². The molecule has 0 amide bonds. The van der Waals surface area contributed by atoms with Crippen molar-refractivity contribution in [3.8, 4) is 0 Å². The van der Waals surface area contributed by atoms with Gasteiger partial charge in [0.25, 0.3) is 0 Å². The van der Waals surface area contributed by atoms with Crippen molar-refractivity contribution in [1.29, 1.82) is 0 Å². The van der Waals surface area contributed by atoms with E-state index in [1.165, 1.54) is 0 Å². The first-order chi connectivity index (χ1) is 3.43. The summed E-state index contributed by atoms with van der Waals surface area (Å²) in [5, 5.41) is 0. The third-order valence-electron chi connectivity index (χ3n) is 0.614. The van der Waals surface area contributed by atoms with Gasteiger partial charge in [0.05, 0.1) is 6.26 Å². The Morgan fingerprint density at radius 1 is 1.71 bits per heavy atom. The molecular formula is C4H4BrOP. The van der Waals surface area contributed by atoms with Crippen LogP contribution in [0.2, 0.25) is 0 Å². The first-order valence-corrected chi connectivity index (χ1v) is 5.09. The summed E-state index contributed by atoms with van der Waals surface area (Å²) in [7, 11) is 0.600. The second-order valence-electron chi connectivity index (χ2n) is 1.07. The van der Waals surface area contributed by atoms with Crippen LogP contribution in [0.4, 0.5) is 0 Å². The van der Waals surface area contributed by atoms with Gasteiger partial charge in [-0.1, -0.05) is 15.5 Å². The summed E-state index contributed by atoms with van der Waals surface area (Å²) < 4.78 is 4.95. The van der Waals surface area contributed by atoms with Crippen molar-refractivity contribution in [1.82, 2.24) is 0 Å². The van der Waals surface area contributed by atoms with E-state index in [9.17, 15) is 0 Å². The van der Waals surface area contributed by atoms with E-state index in [1.807, 2.05) is 12.1 Å². The summed E-state index contributed by atoms with van der Waals surface area (Å²) in [4.78, 5) is 0. The minimum atomic E-state index is 0.600. The molecule has 0 spiro atoms. The average Bonchev–Trinajstić information content (AvgIpc) is 2.14. The van der Waals surface area contributed by atoms with Crippen molar-refractivity contribution in [3.63, 3.8) is 0 Å². The molecule has 1 unspecified atom stereocenters. The standard InChI is InChI=1S/C4H4BrOP/c5-7-4-2-1-3-6-4/h1-3,7H. The number of hydrogen-bond acceptors (Lipinski definition) is 1. The topological polar surface area (TPSA) is 13.1 Å². The predicted molar refractivity (Wildman–Crippen MR) is 35.6 cm³/mol. The zero-order valence-corrected chi connectivity index (χ0v) is 6.10. The van der Waals surface area contributed by atoms with Gasteiger partial charge in [0.1, 0.15) is 5.50 Å². The van der Waals surface area contributed by atoms with E-state index >= 15 is 0 Å². The third kappa shape index (κ3) is 1.29. The van der Waals surface area contributed by atoms with Gasteiger partial charge >= 0.3 is 0 Å². The molecule has 0 bridgehead atoms.